The third-order valence-electron chi connectivity index (χ3n) is 4.77. The Morgan fingerprint density at radius 1 is 1.04 bits per heavy atom. The quantitative estimate of drug-likeness (QED) is 0.791. The molecule has 2 aliphatic rings. The summed E-state index contributed by atoms with van der Waals surface area (Å²) in [6.07, 6.45) is 1.47. The van der Waals surface area contributed by atoms with Crippen LogP contribution in [0, 0.1) is 0 Å². The minimum atomic E-state index is -3.72. The third kappa shape index (κ3) is 3.16. The Morgan fingerprint density at radius 3 is 2.37 bits per heavy atom. The van der Waals surface area contributed by atoms with Crippen LogP contribution >= 0.6 is 0 Å². The first-order valence-corrected chi connectivity index (χ1v) is 10.1. The fourth-order valence-electron chi connectivity index (χ4n) is 3.45. The lowest BCUT2D eigenvalue weighted by atomic mass is 10.1. The van der Waals surface area contributed by atoms with E-state index in [1.165, 1.54) is 6.26 Å². The first-order valence-electron chi connectivity index (χ1n) is 8.67. The normalized spacial score (nSPS) is 19.4. The number of hydrogen-bond acceptors (Lipinski definition) is 5. The highest BCUT2D eigenvalue weighted by molar-refractivity contribution is 8.00. The van der Waals surface area contributed by atoms with E-state index in [4.69, 9.17) is 4.42 Å². The Kier molecular flexibility index (Phi) is 4.35. The number of benzene rings is 1. The maximum absolute atomic E-state index is 12.6. The van der Waals surface area contributed by atoms with Crippen molar-refractivity contribution < 1.29 is 17.6 Å². The molecule has 27 heavy (non-hydrogen) atoms. The fourth-order valence-corrected chi connectivity index (χ4v) is 4.93. The lowest BCUT2D eigenvalue weighted by Gasteiger charge is -2.35. The zero-order chi connectivity index (χ0) is 19.0. The molecule has 4 rings (SSSR count). The number of carbonyl (C=O) groups excluding carboxylic acids is 1. The number of amidine groups is 1. The van der Waals surface area contributed by atoms with Crippen molar-refractivity contribution in [1.29, 1.82) is 0 Å². The average molecular weight is 385 g/mol. The number of furan rings is 1. The van der Waals surface area contributed by atoms with Crippen LogP contribution in [0.2, 0.25) is 0 Å². The summed E-state index contributed by atoms with van der Waals surface area (Å²) in [4.78, 5) is 16.3. The summed E-state index contributed by atoms with van der Waals surface area (Å²) in [5.74, 6) is 0.628. The molecule has 1 saturated heterocycles. The molecule has 0 unspecified atom stereocenters. The number of sulfonamides is 1. The molecule has 0 spiro atoms. The van der Waals surface area contributed by atoms with Gasteiger partial charge >= 0.3 is 0 Å². The number of nitrogens with zero attached hydrogens (tertiary/aromatic N) is 3. The van der Waals surface area contributed by atoms with E-state index in [0.29, 0.717) is 48.9 Å². The molecule has 3 heterocycles. The van der Waals surface area contributed by atoms with Gasteiger partial charge in [-0.15, -0.1) is 4.40 Å². The molecule has 8 heteroatoms. The molecule has 0 atom stereocenters. The van der Waals surface area contributed by atoms with E-state index in [0.717, 1.165) is 0 Å². The third-order valence-corrected chi connectivity index (χ3v) is 6.25. The predicted molar refractivity (Wildman–Crippen MR) is 102 cm³/mol. The van der Waals surface area contributed by atoms with E-state index >= 15 is 0 Å². The Labute approximate surface area is 157 Å². The highest BCUT2D eigenvalue weighted by atomic mass is 32.2. The van der Waals surface area contributed by atoms with Crippen LogP contribution in [-0.2, 0) is 10.0 Å². The van der Waals surface area contributed by atoms with Gasteiger partial charge in [0, 0.05) is 31.8 Å². The van der Waals surface area contributed by atoms with Crippen molar-refractivity contribution >= 4 is 26.7 Å². The van der Waals surface area contributed by atoms with Gasteiger partial charge in [0.15, 0.2) is 5.76 Å². The monoisotopic (exact) mass is 385 g/mol. The Balaban J connectivity index is 1.53. The number of hydrogen-bond donors (Lipinski definition) is 0. The largest absolute Gasteiger partial charge is 0.459 e. The molecule has 140 valence electrons. The molecule has 0 radical (unpaired) electrons. The highest BCUT2D eigenvalue weighted by Crippen LogP contribution is 2.33. The number of carbonyl (C=O) groups is 1. The predicted octanol–water partition coefficient (Wildman–Crippen LogP) is 2.21. The second kappa shape index (κ2) is 6.70. The van der Waals surface area contributed by atoms with Gasteiger partial charge in [0.25, 0.3) is 15.9 Å². The fraction of sp³-hybridized carbons (Fsp3) is 0.263. The molecule has 0 aliphatic carbocycles. The lowest BCUT2D eigenvalue weighted by molar-refractivity contribution is 0.0660. The summed E-state index contributed by atoms with van der Waals surface area (Å²) in [6, 6.07) is 12.3. The highest BCUT2D eigenvalue weighted by Gasteiger charge is 2.35. The van der Waals surface area contributed by atoms with E-state index in [1.54, 1.807) is 36.1 Å². The first kappa shape index (κ1) is 17.5. The zero-order valence-corrected chi connectivity index (χ0v) is 15.6. The topological polar surface area (TPSA) is 83.2 Å². The van der Waals surface area contributed by atoms with Crippen LogP contribution in [-0.4, -0.2) is 56.1 Å². The molecule has 7 nitrogen and oxygen atoms in total. The van der Waals surface area contributed by atoms with Gasteiger partial charge in [0.1, 0.15) is 10.7 Å². The van der Waals surface area contributed by atoms with Crippen LogP contribution in [0.3, 0.4) is 0 Å². The SMILES string of the molecule is CC1=C(c2ccccc2)S(=O)(=O)N=C1N1CCN(C(=O)c2ccco2)CC1. The summed E-state index contributed by atoms with van der Waals surface area (Å²) in [5.41, 5.74) is 1.28. The number of rotatable bonds is 2. The van der Waals surface area contributed by atoms with Crippen molar-refractivity contribution in [2.24, 2.45) is 4.40 Å². The van der Waals surface area contributed by atoms with Crippen molar-refractivity contribution in [1.82, 2.24) is 9.80 Å². The Morgan fingerprint density at radius 2 is 1.74 bits per heavy atom. The Hall–Kier alpha value is -2.87. The van der Waals surface area contributed by atoms with Gasteiger partial charge in [-0.2, -0.15) is 8.42 Å². The molecule has 2 aliphatic heterocycles. The Bertz CT molecular complexity index is 1020. The van der Waals surface area contributed by atoms with Crippen LogP contribution in [0.15, 0.2) is 63.1 Å². The number of amides is 1. The molecule has 0 N–H and O–H groups in total. The van der Waals surface area contributed by atoms with E-state index in [9.17, 15) is 13.2 Å². The summed E-state index contributed by atoms with van der Waals surface area (Å²) < 4.78 is 34.4. The van der Waals surface area contributed by atoms with Crippen molar-refractivity contribution in [3.8, 4) is 0 Å². The standard InChI is InChI=1S/C19H19N3O4S/c1-14-17(15-6-3-2-4-7-15)27(24,25)20-18(14)21-9-11-22(12-10-21)19(23)16-8-5-13-26-16/h2-8,13H,9-12H2,1H3. The van der Waals surface area contributed by atoms with Gasteiger partial charge in [-0.05, 0) is 24.6 Å². The second-order valence-corrected chi connectivity index (χ2v) is 8.01. The van der Waals surface area contributed by atoms with Crippen LogP contribution in [0.4, 0.5) is 0 Å². The molecule has 0 saturated carbocycles. The minimum Gasteiger partial charge on any atom is -0.459 e. The molecule has 1 fully saturated rings. The summed E-state index contributed by atoms with van der Waals surface area (Å²) in [7, 11) is -3.72. The molecule has 0 bridgehead atoms. The summed E-state index contributed by atoms with van der Waals surface area (Å²) >= 11 is 0. The van der Waals surface area contributed by atoms with Crippen LogP contribution < -0.4 is 0 Å². The van der Waals surface area contributed by atoms with Gasteiger partial charge in [-0.3, -0.25) is 4.79 Å². The van der Waals surface area contributed by atoms with Gasteiger partial charge in [0.2, 0.25) is 0 Å². The van der Waals surface area contributed by atoms with Crippen LogP contribution in [0.1, 0.15) is 23.0 Å². The van der Waals surface area contributed by atoms with Crippen molar-refractivity contribution in [2.45, 2.75) is 6.92 Å². The number of piperazine rings is 1. The molecular formula is C19H19N3O4S. The smallest absolute Gasteiger partial charge is 0.289 e. The molecule has 2 aromatic rings. The van der Waals surface area contributed by atoms with Gasteiger partial charge in [0.05, 0.1) is 6.26 Å². The second-order valence-electron chi connectivity index (χ2n) is 6.47. The maximum Gasteiger partial charge on any atom is 0.289 e. The zero-order valence-electron chi connectivity index (χ0n) is 14.8. The van der Waals surface area contributed by atoms with E-state index < -0.39 is 10.0 Å². The average Bonchev–Trinajstić information content (AvgIpc) is 3.28. The van der Waals surface area contributed by atoms with Gasteiger partial charge in [-0.25, -0.2) is 0 Å². The lowest BCUT2D eigenvalue weighted by Crippen LogP contribution is -2.50. The maximum atomic E-state index is 12.6. The summed E-state index contributed by atoms with van der Waals surface area (Å²) in [5, 5.41) is 0. The minimum absolute atomic E-state index is 0.155. The van der Waals surface area contributed by atoms with E-state index in [1.807, 2.05) is 23.1 Å². The molecule has 1 amide bonds. The molecule has 1 aromatic carbocycles. The van der Waals surface area contributed by atoms with Crippen molar-refractivity contribution in [3.05, 3.63) is 65.6 Å². The first-order chi connectivity index (χ1) is 13.0. The molecule has 1 aromatic heterocycles. The summed E-state index contributed by atoms with van der Waals surface area (Å²) in [6.45, 7) is 3.77. The van der Waals surface area contributed by atoms with Gasteiger partial charge < -0.3 is 14.2 Å². The van der Waals surface area contributed by atoms with E-state index in [-0.39, 0.29) is 10.8 Å². The van der Waals surface area contributed by atoms with Crippen LogP contribution in [0.25, 0.3) is 4.91 Å². The van der Waals surface area contributed by atoms with Gasteiger partial charge in [-0.1, -0.05) is 30.3 Å². The van der Waals surface area contributed by atoms with Crippen molar-refractivity contribution in [3.63, 3.8) is 0 Å². The van der Waals surface area contributed by atoms with E-state index in [2.05, 4.69) is 4.40 Å². The molecular weight excluding hydrogens is 366 g/mol. The van der Waals surface area contributed by atoms with Crippen LogP contribution in [0.5, 0.6) is 0 Å². The van der Waals surface area contributed by atoms with Crippen molar-refractivity contribution in [2.75, 3.05) is 26.2 Å².